The minimum absolute atomic E-state index is 0.371. The van der Waals surface area contributed by atoms with Crippen LogP contribution in [0, 0.1) is 0 Å². The Morgan fingerprint density at radius 1 is 1.33 bits per heavy atom. The molecular formula is C10H10OS. The second-order valence-electron chi connectivity index (χ2n) is 2.95. The molecule has 1 aromatic heterocycles. The predicted molar refractivity (Wildman–Crippen MR) is 51.2 cm³/mol. The Labute approximate surface area is 75.7 Å². The van der Waals surface area contributed by atoms with Crippen molar-refractivity contribution in [2.45, 2.75) is 19.3 Å². The van der Waals surface area contributed by atoms with Crippen LogP contribution in [0.15, 0.2) is 23.6 Å². The van der Waals surface area contributed by atoms with Gasteiger partial charge in [-0.2, -0.15) is 0 Å². The topological polar surface area (TPSA) is 17.1 Å². The highest BCUT2D eigenvalue weighted by molar-refractivity contribution is 7.11. The fraction of sp³-hybridized carbons (Fsp3) is 0.300. The summed E-state index contributed by atoms with van der Waals surface area (Å²) in [6.07, 6.45) is 4.36. The summed E-state index contributed by atoms with van der Waals surface area (Å²) in [6, 6.07) is 4.17. The molecule has 0 atom stereocenters. The van der Waals surface area contributed by atoms with Crippen LogP contribution in [0.2, 0.25) is 0 Å². The highest BCUT2D eigenvalue weighted by Crippen LogP contribution is 2.28. The van der Waals surface area contributed by atoms with Crippen molar-refractivity contribution < 1.29 is 4.79 Å². The third-order valence-electron chi connectivity index (χ3n) is 2.09. The zero-order chi connectivity index (χ0) is 8.39. The van der Waals surface area contributed by atoms with Gasteiger partial charge in [-0.15, -0.1) is 11.3 Å². The van der Waals surface area contributed by atoms with Gasteiger partial charge in [0.15, 0.2) is 0 Å². The fourth-order valence-electron chi connectivity index (χ4n) is 1.40. The first kappa shape index (κ1) is 7.74. The van der Waals surface area contributed by atoms with Crippen LogP contribution in [0.1, 0.15) is 24.1 Å². The van der Waals surface area contributed by atoms with Gasteiger partial charge in [-0.25, -0.2) is 0 Å². The molecule has 62 valence electrons. The number of carbonyl (C=O) groups is 1. The van der Waals surface area contributed by atoms with Gasteiger partial charge in [-0.3, -0.25) is 4.79 Å². The van der Waals surface area contributed by atoms with Crippen molar-refractivity contribution in [1.29, 1.82) is 0 Å². The van der Waals surface area contributed by atoms with Gasteiger partial charge in [0.25, 0.3) is 0 Å². The zero-order valence-corrected chi connectivity index (χ0v) is 7.56. The lowest BCUT2D eigenvalue weighted by Gasteiger charge is -2.09. The average Bonchev–Trinajstić information content (AvgIpc) is 2.58. The summed E-state index contributed by atoms with van der Waals surface area (Å²) in [4.78, 5) is 12.3. The Morgan fingerprint density at radius 2 is 2.25 bits per heavy atom. The van der Waals surface area contributed by atoms with Crippen molar-refractivity contribution >= 4 is 22.7 Å². The van der Waals surface area contributed by atoms with Gasteiger partial charge in [0, 0.05) is 17.7 Å². The standard InChI is InChI=1S/C10H10OS/c11-9-5-3-8(4-6-9)10-2-1-7-12-10/h1-3,7H,4-6H2. The maximum atomic E-state index is 10.9. The lowest BCUT2D eigenvalue weighted by Crippen LogP contribution is -2.01. The van der Waals surface area contributed by atoms with Gasteiger partial charge in [0.1, 0.15) is 5.78 Å². The molecule has 0 saturated carbocycles. The first-order valence-corrected chi connectivity index (χ1v) is 4.99. The van der Waals surface area contributed by atoms with E-state index < -0.39 is 0 Å². The van der Waals surface area contributed by atoms with Crippen LogP contribution in [-0.4, -0.2) is 5.78 Å². The minimum Gasteiger partial charge on any atom is -0.299 e. The number of Topliss-reactive ketones (excluding diaryl/α,β-unsaturated/α-hetero) is 1. The average molecular weight is 178 g/mol. The van der Waals surface area contributed by atoms with Gasteiger partial charge < -0.3 is 0 Å². The quantitative estimate of drug-likeness (QED) is 0.646. The molecule has 0 amide bonds. The monoisotopic (exact) mass is 178 g/mol. The molecule has 0 aromatic carbocycles. The molecule has 1 nitrogen and oxygen atoms in total. The minimum atomic E-state index is 0.371. The van der Waals surface area contributed by atoms with Gasteiger partial charge in [0.05, 0.1) is 0 Å². The third kappa shape index (κ3) is 1.48. The van der Waals surface area contributed by atoms with Crippen LogP contribution in [0.4, 0.5) is 0 Å². The van der Waals surface area contributed by atoms with E-state index in [0.29, 0.717) is 12.2 Å². The van der Waals surface area contributed by atoms with Crippen LogP contribution in [0.3, 0.4) is 0 Å². The molecule has 0 unspecified atom stereocenters. The molecular weight excluding hydrogens is 168 g/mol. The van der Waals surface area contributed by atoms with E-state index in [1.54, 1.807) is 11.3 Å². The maximum Gasteiger partial charge on any atom is 0.137 e. The number of hydrogen-bond acceptors (Lipinski definition) is 2. The van der Waals surface area contributed by atoms with Crippen molar-refractivity contribution in [3.8, 4) is 0 Å². The van der Waals surface area contributed by atoms with Gasteiger partial charge in [-0.05, 0) is 23.4 Å². The summed E-state index contributed by atoms with van der Waals surface area (Å²) in [5.74, 6) is 0.371. The second kappa shape index (κ2) is 3.23. The van der Waals surface area contributed by atoms with Crippen molar-refractivity contribution in [3.63, 3.8) is 0 Å². The predicted octanol–water partition coefficient (Wildman–Crippen LogP) is 2.88. The lowest BCUT2D eigenvalue weighted by atomic mass is 9.98. The smallest absolute Gasteiger partial charge is 0.137 e. The molecule has 2 heteroatoms. The molecule has 0 saturated heterocycles. The molecule has 1 aliphatic carbocycles. The molecule has 0 fully saturated rings. The molecule has 0 N–H and O–H groups in total. The number of thiophene rings is 1. The molecule has 12 heavy (non-hydrogen) atoms. The van der Waals surface area contributed by atoms with Gasteiger partial charge in [-0.1, -0.05) is 12.1 Å². The van der Waals surface area contributed by atoms with Crippen LogP contribution < -0.4 is 0 Å². The summed E-state index contributed by atoms with van der Waals surface area (Å²) >= 11 is 1.75. The summed E-state index contributed by atoms with van der Waals surface area (Å²) in [5, 5.41) is 2.08. The fourth-order valence-corrected chi connectivity index (χ4v) is 2.20. The highest BCUT2D eigenvalue weighted by Gasteiger charge is 2.11. The number of rotatable bonds is 1. The van der Waals surface area contributed by atoms with Crippen molar-refractivity contribution in [2.75, 3.05) is 0 Å². The van der Waals surface area contributed by atoms with E-state index >= 15 is 0 Å². The second-order valence-corrected chi connectivity index (χ2v) is 3.90. The van der Waals surface area contributed by atoms with Gasteiger partial charge >= 0.3 is 0 Å². The molecule has 0 radical (unpaired) electrons. The maximum absolute atomic E-state index is 10.9. The highest BCUT2D eigenvalue weighted by atomic mass is 32.1. The largest absolute Gasteiger partial charge is 0.299 e. The number of hydrogen-bond donors (Lipinski definition) is 0. The molecule has 0 bridgehead atoms. The van der Waals surface area contributed by atoms with E-state index in [0.717, 1.165) is 12.8 Å². The van der Waals surface area contributed by atoms with Crippen LogP contribution in [0.25, 0.3) is 5.57 Å². The van der Waals surface area contributed by atoms with Gasteiger partial charge in [0.2, 0.25) is 0 Å². The van der Waals surface area contributed by atoms with E-state index in [4.69, 9.17) is 0 Å². The van der Waals surface area contributed by atoms with Crippen LogP contribution in [0.5, 0.6) is 0 Å². The van der Waals surface area contributed by atoms with Crippen LogP contribution >= 0.6 is 11.3 Å². The molecule has 0 aliphatic heterocycles. The molecule has 1 aromatic rings. The zero-order valence-electron chi connectivity index (χ0n) is 6.75. The number of ketones is 1. The Bertz CT molecular complexity index is 309. The van der Waals surface area contributed by atoms with E-state index in [-0.39, 0.29) is 0 Å². The Hall–Kier alpha value is -0.890. The van der Waals surface area contributed by atoms with E-state index in [2.05, 4.69) is 23.6 Å². The Morgan fingerprint density at radius 3 is 2.83 bits per heavy atom. The third-order valence-corrected chi connectivity index (χ3v) is 3.03. The summed E-state index contributed by atoms with van der Waals surface area (Å²) in [5.41, 5.74) is 1.35. The Balaban J connectivity index is 2.21. The SMILES string of the molecule is O=C1CC=C(c2cccs2)CC1. The molecule has 1 aliphatic rings. The van der Waals surface area contributed by atoms with E-state index in [1.165, 1.54) is 10.5 Å². The summed E-state index contributed by atoms with van der Waals surface area (Å²) in [7, 11) is 0. The van der Waals surface area contributed by atoms with Crippen molar-refractivity contribution in [3.05, 3.63) is 28.5 Å². The molecule has 0 spiro atoms. The summed E-state index contributed by atoms with van der Waals surface area (Å²) < 4.78 is 0. The first-order chi connectivity index (χ1) is 5.86. The van der Waals surface area contributed by atoms with E-state index in [1.807, 2.05) is 0 Å². The normalized spacial score (nSPS) is 17.7. The van der Waals surface area contributed by atoms with Crippen LogP contribution in [-0.2, 0) is 4.79 Å². The molecule has 2 rings (SSSR count). The van der Waals surface area contributed by atoms with Crippen molar-refractivity contribution in [2.24, 2.45) is 0 Å². The number of carbonyl (C=O) groups excluding carboxylic acids is 1. The first-order valence-electron chi connectivity index (χ1n) is 4.11. The lowest BCUT2D eigenvalue weighted by molar-refractivity contribution is -0.118. The van der Waals surface area contributed by atoms with Crippen molar-refractivity contribution in [1.82, 2.24) is 0 Å². The summed E-state index contributed by atoms with van der Waals surface area (Å²) in [6.45, 7) is 0. The molecule has 1 heterocycles. The Kier molecular flexibility index (Phi) is 2.09. The number of allylic oxidation sites excluding steroid dienone is 2. The van der Waals surface area contributed by atoms with E-state index in [9.17, 15) is 4.79 Å².